The molecular formula is C14H13BrClNO. The molecule has 2 aromatic rings. The van der Waals surface area contributed by atoms with Crippen LogP contribution in [0.2, 0.25) is 5.02 Å². The fraction of sp³-hybridized carbons (Fsp3) is 0.143. The summed E-state index contributed by atoms with van der Waals surface area (Å²) in [6.07, 6.45) is 0. The Morgan fingerprint density at radius 1 is 1.06 bits per heavy atom. The van der Waals surface area contributed by atoms with Gasteiger partial charge in [0.05, 0.1) is 17.3 Å². The molecule has 2 aromatic carbocycles. The van der Waals surface area contributed by atoms with E-state index in [2.05, 4.69) is 21.2 Å². The van der Waals surface area contributed by atoms with Crippen LogP contribution in [0, 0.1) is 0 Å². The van der Waals surface area contributed by atoms with E-state index in [9.17, 15) is 0 Å². The Balaban J connectivity index is 2.04. The van der Waals surface area contributed by atoms with E-state index >= 15 is 0 Å². The number of benzene rings is 2. The molecule has 0 aliphatic heterocycles. The van der Waals surface area contributed by atoms with Crippen molar-refractivity contribution in [3.63, 3.8) is 0 Å². The SMILES string of the molecule is OCc1ccc(CNc2cc(Br)ccc2Cl)cc1. The van der Waals surface area contributed by atoms with Gasteiger partial charge in [-0.25, -0.2) is 0 Å². The fourth-order valence-corrected chi connectivity index (χ4v) is 2.14. The molecular weight excluding hydrogens is 314 g/mol. The van der Waals surface area contributed by atoms with Crippen molar-refractivity contribution in [3.05, 3.63) is 63.1 Å². The van der Waals surface area contributed by atoms with Crippen LogP contribution in [0.5, 0.6) is 0 Å². The zero-order valence-electron chi connectivity index (χ0n) is 9.66. The Hall–Kier alpha value is -1.03. The number of halogens is 2. The first-order valence-corrected chi connectivity index (χ1v) is 6.74. The molecule has 18 heavy (non-hydrogen) atoms. The maximum absolute atomic E-state index is 8.97. The summed E-state index contributed by atoms with van der Waals surface area (Å²) in [4.78, 5) is 0. The number of anilines is 1. The average molecular weight is 327 g/mol. The minimum atomic E-state index is 0.0746. The largest absolute Gasteiger partial charge is 0.392 e. The maximum Gasteiger partial charge on any atom is 0.0681 e. The predicted molar refractivity (Wildman–Crippen MR) is 78.8 cm³/mol. The Morgan fingerprint density at radius 3 is 2.39 bits per heavy atom. The molecule has 0 saturated heterocycles. The first-order chi connectivity index (χ1) is 8.69. The third kappa shape index (κ3) is 3.48. The molecule has 0 radical (unpaired) electrons. The van der Waals surface area contributed by atoms with E-state index in [1.54, 1.807) is 0 Å². The molecule has 2 nitrogen and oxygen atoms in total. The van der Waals surface area contributed by atoms with Gasteiger partial charge in [-0.2, -0.15) is 0 Å². The van der Waals surface area contributed by atoms with Gasteiger partial charge in [0, 0.05) is 11.0 Å². The summed E-state index contributed by atoms with van der Waals surface area (Å²) in [5, 5.41) is 12.9. The van der Waals surface area contributed by atoms with Crippen LogP contribution in [0.1, 0.15) is 11.1 Å². The monoisotopic (exact) mass is 325 g/mol. The summed E-state index contributed by atoms with van der Waals surface area (Å²) in [6, 6.07) is 13.5. The smallest absolute Gasteiger partial charge is 0.0681 e. The highest BCUT2D eigenvalue weighted by molar-refractivity contribution is 9.10. The molecule has 0 atom stereocenters. The van der Waals surface area contributed by atoms with Crippen molar-refractivity contribution >= 4 is 33.2 Å². The van der Waals surface area contributed by atoms with E-state index in [0.29, 0.717) is 11.6 Å². The third-order valence-corrected chi connectivity index (χ3v) is 3.44. The molecule has 0 amide bonds. The molecule has 0 aliphatic carbocycles. The van der Waals surface area contributed by atoms with Crippen molar-refractivity contribution in [3.8, 4) is 0 Å². The molecule has 0 heterocycles. The summed E-state index contributed by atoms with van der Waals surface area (Å²) in [6.45, 7) is 0.771. The minimum Gasteiger partial charge on any atom is -0.392 e. The van der Waals surface area contributed by atoms with Crippen molar-refractivity contribution in [1.29, 1.82) is 0 Å². The van der Waals surface area contributed by atoms with Gasteiger partial charge in [0.1, 0.15) is 0 Å². The number of aliphatic hydroxyl groups is 1. The highest BCUT2D eigenvalue weighted by Gasteiger charge is 2.01. The molecule has 0 unspecified atom stereocenters. The molecule has 0 bridgehead atoms. The molecule has 0 spiro atoms. The number of hydrogen-bond donors (Lipinski definition) is 2. The van der Waals surface area contributed by atoms with Crippen molar-refractivity contribution in [2.45, 2.75) is 13.2 Å². The molecule has 0 aromatic heterocycles. The van der Waals surface area contributed by atoms with E-state index in [0.717, 1.165) is 21.3 Å². The normalized spacial score (nSPS) is 10.4. The summed E-state index contributed by atoms with van der Waals surface area (Å²) < 4.78 is 0.991. The lowest BCUT2D eigenvalue weighted by Crippen LogP contribution is -2.00. The van der Waals surface area contributed by atoms with Crippen molar-refractivity contribution in [2.75, 3.05) is 5.32 Å². The topological polar surface area (TPSA) is 32.3 Å². The molecule has 2 rings (SSSR count). The van der Waals surface area contributed by atoms with Crippen molar-refractivity contribution in [2.24, 2.45) is 0 Å². The molecule has 0 fully saturated rings. The van der Waals surface area contributed by atoms with Gasteiger partial charge in [-0.3, -0.25) is 0 Å². The second-order valence-corrected chi connectivity index (χ2v) is 5.28. The molecule has 4 heteroatoms. The van der Waals surface area contributed by atoms with Crippen LogP contribution in [0.4, 0.5) is 5.69 Å². The molecule has 0 saturated carbocycles. The quantitative estimate of drug-likeness (QED) is 0.882. The van der Waals surface area contributed by atoms with Gasteiger partial charge in [0.15, 0.2) is 0 Å². The van der Waals surface area contributed by atoms with Gasteiger partial charge in [-0.1, -0.05) is 51.8 Å². The standard InChI is InChI=1S/C14H13BrClNO/c15-12-5-6-13(16)14(7-12)17-8-10-1-3-11(9-18)4-2-10/h1-7,17-18H,8-9H2. The van der Waals surface area contributed by atoms with Gasteiger partial charge >= 0.3 is 0 Å². The van der Waals surface area contributed by atoms with E-state index in [4.69, 9.17) is 16.7 Å². The van der Waals surface area contributed by atoms with Crippen LogP contribution in [0.25, 0.3) is 0 Å². The van der Waals surface area contributed by atoms with Crippen LogP contribution in [-0.4, -0.2) is 5.11 Å². The summed E-state index contributed by atoms with van der Waals surface area (Å²) in [5.74, 6) is 0. The lowest BCUT2D eigenvalue weighted by Gasteiger charge is -2.09. The number of rotatable bonds is 4. The highest BCUT2D eigenvalue weighted by atomic mass is 79.9. The molecule has 94 valence electrons. The average Bonchev–Trinajstić information content (AvgIpc) is 2.40. The van der Waals surface area contributed by atoms with Gasteiger partial charge in [0.25, 0.3) is 0 Å². The van der Waals surface area contributed by atoms with Crippen LogP contribution >= 0.6 is 27.5 Å². The lowest BCUT2D eigenvalue weighted by atomic mass is 10.1. The van der Waals surface area contributed by atoms with E-state index in [1.807, 2.05) is 42.5 Å². The fourth-order valence-electron chi connectivity index (χ4n) is 1.59. The van der Waals surface area contributed by atoms with Gasteiger partial charge in [-0.05, 0) is 29.3 Å². The minimum absolute atomic E-state index is 0.0746. The zero-order valence-corrected chi connectivity index (χ0v) is 12.0. The first kappa shape index (κ1) is 13.4. The molecule has 2 N–H and O–H groups in total. The Kier molecular flexibility index (Phi) is 4.64. The summed E-state index contributed by atoms with van der Waals surface area (Å²) in [5.41, 5.74) is 2.96. The van der Waals surface area contributed by atoms with Crippen LogP contribution in [-0.2, 0) is 13.2 Å². The Morgan fingerprint density at radius 2 is 1.72 bits per heavy atom. The third-order valence-electron chi connectivity index (χ3n) is 2.62. The van der Waals surface area contributed by atoms with Gasteiger partial charge < -0.3 is 10.4 Å². The zero-order chi connectivity index (χ0) is 13.0. The Bertz CT molecular complexity index is 528. The lowest BCUT2D eigenvalue weighted by molar-refractivity contribution is 0.282. The second kappa shape index (κ2) is 6.23. The van der Waals surface area contributed by atoms with E-state index in [1.165, 1.54) is 0 Å². The van der Waals surface area contributed by atoms with Crippen LogP contribution in [0.15, 0.2) is 46.9 Å². The van der Waals surface area contributed by atoms with E-state index in [-0.39, 0.29) is 6.61 Å². The summed E-state index contributed by atoms with van der Waals surface area (Å²) in [7, 11) is 0. The number of aliphatic hydroxyl groups excluding tert-OH is 1. The van der Waals surface area contributed by atoms with Crippen molar-refractivity contribution in [1.82, 2.24) is 0 Å². The maximum atomic E-state index is 8.97. The number of hydrogen-bond acceptors (Lipinski definition) is 2. The molecule has 0 aliphatic rings. The first-order valence-electron chi connectivity index (χ1n) is 5.56. The highest BCUT2D eigenvalue weighted by Crippen LogP contribution is 2.26. The predicted octanol–water partition coefficient (Wildman–Crippen LogP) is 4.21. The van der Waals surface area contributed by atoms with Crippen LogP contribution in [0.3, 0.4) is 0 Å². The second-order valence-electron chi connectivity index (χ2n) is 3.95. The summed E-state index contributed by atoms with van der Waals surface area (Å²) >= 11 is 9.51. The number of nitrogens with one attached hydrogen (secondary N) is 1. The van der Waals surface area contributed by atoms with Crippen molar-refractivity contribution < 1.29 is 5.11 Å². The Labute approximate surface area is 120 Å². The van der Waals surface area contributed by atoms with Gasteiger partial charge in [0.2, 0.25) is 0 Å². The van der Waals surface area contributed by atoms with Crippen LogP contribution < -0.4 is 5.32 Å². The van der Waals surface area contributed by atoms with E-state index < -0.39 is 0 Å². The van der Waals surface area contributed by atoms with Gasteiger partial charge in [-0.15, -0.1) is 0 Å².